The highest BCUT2D eigenvalue weighted by molar-refractivity contribution is 8.10. The Bertz CT molecular complexity index is 1000. The first-order valence-electron chi connectivity index (χ1n) is 7.30. The Balaban J connectivity index is 2.28. The van der Waals surface area contributed by atoms with Crippen LogP contribution < -0.4 is 3.71 Å². The molecule has 0 bridgehead atoms. The summed E-state index contributed by atoms with van der Waals surface area (Å²) in [6.07, 6.45) is 0. The predicted octanol–water partition coefficient (Wildman–Crippen LogP) is 3.64. The molecule has 3 rings (SSSR count). The van der Waals surface area contributed by atoms with Gasteiger partial charge in [-0.25, -0.2) is 16.8 Å². The van der Waals surface area contributed by atoms with Crippen LogP contribution in [0, 0.1) is 6.92 Å². The van der Waals surface area contributed by atoms with Crippen LogP contribution in [-0.2, 0) is 20.0 Å². The summed E-state index contributed by atoms with van der Waals surface area (Å²) in [6, 6.07) is 16.6. The van der Waals surface area contributed by atoms with Crippen molar-refractivity contribution in [3.8, 4) is 0 Å². The molecule has 0 aliphatic rings. The largest absolute Gasteiger partial charge is 0.277 e. The van der Waals surface area contributed by atoms with Gasteiger partial charge in [-0.1, -0.05) is 36.4 Å². The molecular formula is C17H15NO4S3. The van der Waals surface area contributed by atoms with Crippen LogP contribution in [0.4, 0.5) is 5.69 Å². The molecule has 0 radical (unpaired) electrons. The van der Waals surface area contributed by atoms with E-state index in [1.807, 2.05) is 0 Å². The highest BCUT2D eigenvalue weighted by Crippen LogP contribution is 2.35. The fourth-order valence-corrected chi connectivity index (χ4v) is 6.98. The number of thiophene rings is 1. The SMILES string of the molecule is Cc1sccc1N(S(=O)(=O)c1ccccc1)S(=O)(=O)c1ccccc1. The van der Waals surface area contributed by atoms with Gasteiger partial charge >= 0.3 is 0 Å². The van der Waals surface area contributed by atoms with Crippen LogP contribution >= 0.6 is 11.3 Å². The lowest BCUT2D eigenvalue weighted by Crippen LogP contribution is -2.37. The Labute approximate surface area is 151 Å². The highest BCUT2D eigenvalue weighted by Gasteiger charge is 2.37. The molecule has 0 amide bonds. The monoisotopic (exact) mass is 393 g/mol. The van der Waals surface area contributed by atoms with Gasteiger partial charge in [0.1, 0.15) is 0 Å². The van der Waals surface area contributed by atoms with Crippen molar-refractivity contribution in [1.29, 1.82) is 0 Å². The van der Waals surface area contributed by atoms with Crippen LogP contribution in [-0.4, -0.2) is 16.8 Å². The van der Waals surface area contributed by atoms with E-state index in [1.54, 1.807) is 48.7 Å². The topological polar surface area (TPSA) is 71.5 Å². The molecule has 0 unspecified atom stereocenters. The summed E-state index contributed by atoms with van der Waals surface area (Å²) < 4.78 is 53.1. The number of hydrogen-bond acceptors (Lipinski definition) is 5. The Morgan fingerprint density at radius 2 is 1.16 bits per heavy atom. The predicted molar refractivity (Wildman–Crippen MR) is 98.8 cm³/mol. The second-order valence-electron chi connectivity index (χ2n) is 5.20. The molecular weight excluding hydrogens is 378 g/mol. The molecule has 0 atom stereocenters. The first-order chi connectivity index (χ1) is 11.8. The molecule has 0 aliphatic carbocycles. The molecule has 1 aromatic heterocycles. The minimum Gasteiger partial charge on any atom is -0.200 e. The molecule has 3 aromatic rings. The zero-order valence-corrected chi connectivity index (χ0v) is 15.7. The average molecular weight is 394 g/mol. The standard InChI is InChI=1S/C17H15NO4S3/c1-14-17(12-13-23-14)18(24(19,20)15-8-4-2-5-9-15)25(21,22)16-10-6-3-7-11-16/h2-13H,1H3. The Morgan fingerprint density at radius 1 is 0.720 bits per heavy atom. The van der Waals surface area contributed by atoms with Crippen molar-refractivity contribution in [3.05, 3.63) is 77.0 Å². The number of anilines is 1. The van der Waals surface area contributed by atoms with Crippen molar-refractivity contribution in [2.75, 3.05) is 3.71 Å². The van der Waals surface area contributed by atoms with E-state index in [9.17, 15) is 16.8 Å². The molecule has 0 N–H and O–H groups in total. The molecule has 8 heteroatoms. The number of rotatable bonds is 5. The maximum atomic E-state index is 13.2. The van der Waals surface area contributed by atoms with Crippen molar-refractivity contribution in [2.24, 2.45) is 0 Å². The normalized spacial score (nSPS) is 12.0. The molecule has 5 nitrogen and oxygen atoms in total. The quantitative estimate of drug-likeness (QED) is 0.663. The van der Waals surface area contributed by atoms with E-state index < -0.39 is 20.0 Å². The van der Waals surface area contributed by atoms with Gasteiger partial charge in [0, 0.05) is 4.88 Å². The molecule has 0 spiro atoms. The molecule has 1 heterocycles. The minimum atomic E-state index is -4.30. The van der Waals surface area contributed by atoms with Crippen molar-refractivity contribution < 1.29 is 16.8 Å². The third-order valence-electron chi connectivity index (χ3n) is 3.55. The first kappa shape index (κ1) is 17.7. The van der Waals surface area contributed by atoms with Gasteiger partial charge in [0.05, 0.1) is 15.5 Å². The highest BCUT2D eigenvalue weighted by atomic mass is 32.3. The summed E-state index contributed by atoms with van der Waals surface area (Å²) in [5, 5.41) is 1.67. The molecule has 25 heavy (non-hydrogen) atoms. The summed E-state index contributed by atoms with van der Waals surface area (Å²) in [5.74, 6) is 0. The van der Waals surface area contributed by atoms with Crippen LogP contribution in [0.2, 0.25) is 0 Å². The summed E-state index contributed by atoms with van der Waals surface area (Å²) in [7, 11) is -8.60. The minimum absolute atomic E-state index is 0.0832. The average Bonchev–Trinajstić information content (AvgIpc) is 3.01. The van der Waals surface area contributed by atoms with E-state index in [-0.39, 0.29) is 15.5 Å². The number of nitrogens with zero attached hydrogens (tertiary/aromatic N) is 1. The molecule has 0 saturated carbocycles. The third kappa shape index (κ3) is 3.20. The second kappa shape index (κ2) is 6.62. The fourth-order valence-electron chi connectivity index (χ4n) is 2.33. The molecule has 0 aliphatic heterocycles. The van der Waals surface area contributed by atoms with E-state index in [1.165, 1.54) is 41.7 Å². The molecule has 0 saturated heterocycles. The number of aryl methyl sites for hydroxylation is 1. The van der Waals surface area contributed by atoms with Gasteiger partial charge in [-0.2, -0.15) is 3.71 Å². The van der Waals surface area contributed by atoms with Crippen molar-refractivity contribution in [2.45, 2.75) is 16.7 Å². The Morgan fingerprint density at radius 3 is 1.52 bits per heavy atom. The van der Waals surface area contributed by atoms with Crippen molar-refractivity contribution in [3.63, 3.8) is 0 Å². The van der Waals surface area contributed by atoms with Crippen molar-refractivity contribution >= 4 is 37.1 Å². The van der Waals surface area contributed by atoms with Gasteiger partial charge in [-0.3, -0.25) is 0 Å². The van der Waals surface area contributed by atoms with E-state index in [2.05, 4.69) is 0 Å². The van der Waals surface area contributed by atoms with Crippen LogP contribution in [0.3, 0.4) is 0 Å². The third-order valence-corrected chi connectivity index (χ3v) is 8.56. The molecule has 0 fully saturated rings. The van der Waals surface area contributed by atoms with Gasteiger partial charge in [0.15, 0.2) is 0 Å². The van der Waals surface area contributed by atoms with Crippen LogP contribution in [0.25, 0.3) is 0 Å². The van der Waals surface area contributed by atoms with Crippen LogP contribution in [0.5, 0.6) is 0 Å². The number of hydrogen-bond donors (Lipinski definition) is 0. The summed E-state index contributed by atoms with van der Waals surface area (Å²) in [4.78, 5) is 0.430. The Hall–Kier alpha value is -2.16. The maximum absolute atomic E-state index is 13.2. The fraction of sp³-hybridized carbons (Fsp3) is 0.0588. The first-order valence-corrected chi connectivity index (χ1v) is 11.1. The van der Waals surface area contributed by atoms with Crippen molar-refractivity contribution in [1.82, 2.24) is 0 Å². The van der Waals surface area contributed by atoms with Gasteiger partial charge in [0.25, 0.3) is 20.0 Å². The summed E-state index contributed by atoms with van der Waals surface area (Å²) in [5.41, 5.74) is 0.137. The van der Waals surface area contributed by atoms with Crippen LogP contribution in [0.1, 0.15) is 4.88 Å². The lowest BCUT2D eigenvalue weighted by molar-refractivity contribution is 0.584. The lowest BCUT2D eigenvalue weighted by atomic mass is 10.4. The van der Waals surface area contributed by atoms with E-state index in [0.29, 0.717) is 8.59 Å². The lowest BCUT2D eigenvalue weighted by Gasteiger charge is -2.24. The smallest absolute Gasteiger partial charge is 0.200 e. The number of sulfonamides is 2. The zero-order valence-electron chi connectivity index (χ0n) is 13.2. The second-order valence-corrected chi connectivity index (χ2v) is 10.1. The Kier molecular flexibility index (Phi) is 4.68. The molecule has 2 aromatic carbocycles. The van der Waals surface area contributed by atoms with Crippen LogP contribution in [0.15, 0.2) is 81.9 Å². The van der Waals surface area contributed by atoms with E-state index >= 15 is 0 Å². The van der Waals surface area contributed by atoms with E-state index in [4.69, 9.17) is 0 Å². The van der Waals surface area contributed by atoms with E-state index in [0.717, 1.165) is 0 Å². The summed E-state index contributed by atoms with van der Waals surface area (Å²) >= 11 is 1.28. The molecule has 130 valence electrons. The van der Waals surface area contributed by atoms with Gasteiger partial charge in [-0.15, -0.1) is 11.3 Å². The van der Waals surface area contributed by atoms with Gasteiger partial charge < -0.3 is 0 Å². The van der Waals surface area contributed by atoms with Gasteiger partial charge in [0.2, 0.25) is 0 Å². The zero-order chi connectivity index (χ0) is 18.1. The summed E-state index contributed by atoms with van der Waals surface area (Å²) in [6.45, 7) is 1.69. The van der Waals surface area contributed by atoms with Gasteiger partial charge in [-0.05, 0) is 42.6 Å². The maximum Gasteiger partial charge on any atom is 0.277 e. The number of benzene rings is 2.